The van der Waals surface area contributed by atoms with Crippen LogP contribution in [0.15, 0.2) is 42.5 Å². The number of ether oxygens (including phenoxy) is 2. The molecule has 2 fully saturated rings. The van der Waals surface area contributed by atoms with Crippen molar-refractivity contribution in [2.24, 2.45) is 5.92 Å². The standard InChI is InChI=1S/C25H30N6O3/c1-25(16-17-5-4-6-17,26-18-7-9-19(10-8-18)30-14-13-23(30)32)24-27-28-29-31(24)21-12-11-20(33-2)15-22(21)34-3/h7-12,15,17,26H,4-6,13-14,16H2,1-3H3. The van der Waals surface area contributed by atoms with Gasteiger partial charge in [0.25, 0.3) is 0 Å². The smallest absolute Gasteiger partial charge is 0.228 e. The summed E-state index contributed by atoms with van der Waals surface area (Å²) in [6.07, 6.45) is 5.20. The lowest BCUT2D eigenvalue weighted by Gasteiger charge is -2.37. The van der Waals surface area contributed by atoms with E-state index in [9.17, 15) is 4.79 Å². The first-order valence-corrected chi connectivity index (χ1v) is 11.7. The van der Waals surface area contributed by atoms with Crippen LogP contribution in [0.3, 0.4) is 0 Å². The zero-order valence-corrected chi connectivity index (χ0v) is 19.8. The molecule has 2 heterocycles. The highest BCUT2D eigenvalue weighted by Gasteiger charge is 2.38. The molecule has 1 aromatic heterocycles. The molecule has 178 valence electrons. The van der Waals surface area contributed by atoms with E-state index in [1.165, 1.54) is 19.3 Å². The summed E-state index contributed by atoms with van der Waals surface area (Å²) in [5.74, 6) is 2.82. The van der Waals surface area contributed by atoms with Crippen LogP contribution in [0, 0.1) is 5.92 Å². The van der Waals surface area contributed by atoms with Crippen molar-refractivity contribution < 1.29 is 14.3 Å². The van der Waals surface area contributed by atoms with Crippen molar-refractivity contribution in [2.45, 2.75) is 44.6 Å². The summed E-state index contributed by atoms with van der Waals surface area (Å²) in [5, 5.41) is 16.5. The first-order chi connectivity index (χ1) is 16.5. The monoisotopic (exact) mass is 462 g/mol. The Balaban J connectivity index is 1.48. The van der Waals surface area contributed by atoms with Gasteiger partial charge in [0.2, 0.25) is 5.91 Å². The maximum absolute atomic E-state index is 11.8. The van der Waals surface area contributed by atoms with Gasteiger partial charge in [-0.2, -0.15) is 4.68 Å². The zero-order valence-electron chi connectivity index (χ0n) is 19.8. The highest BCUT2D eigenvalue weighted by molar-refractivity contribution is 5.99. The number of tetrazole rings is 1. The normalized spacial score (nSPS) is 17.5. The van der Waals surface area contributed by atoms with Crippen LogP contribution >= 0.6 is 0 Å². The van der Waals surface area contributed by atoms with Crippen molar-refractivity contribution in [2.75, 3.05) is 31.0 Å². The Hall–Kier alpha value is -3.62. The van der Waals surface area contributed by atoms with Gasteiger partial charge in [-0.05, 0) is 66.1 Å². The average molecular weight is 463 g/mol. The van der Waals surface area contributed by atoms with E-state index in [-0.39, 0.29) is 5.91 Å². The fourth-order valence-electron chi connectivity index (χ4n) is 4.76. The van der Waals surface area contributed by atoms with E-state index in [1.807, 2.05) is 42.5 Å². The molecule has 1 saturated heterocycles. The maximum Gasteiger partial charge on any atom is 0.228 e. The third kappa shape index (κ3) is 4.06. The first kappa shape index (κ1) is 22.2. The molecular formula is C25H30N6O3. The number of benzene rings is 2. The molecule has 0 spiro atoms. The van der Waals surface area contributed by atoms with Crippen molar-refractivity contribution in [1.82, 2.24) is 20.2 Å². The summed E-state index contributed by atoms with van der Waals surface area (Å²) in [6.45, 7) is 2.93. The maximum atomic E-state index is 11.8. The predicted octanol–water partition coefficient (Wildman–Crippen LogP) is 3.93. The summed E-state index contributed by atoms with van der Waals surface area (Å²) in [5.41, 5.74) is 2.11. The molecule has 2 aromatic carbocycles. The van der Waals surface area contributed by atoms with Gasteiger partial charge in [0, 0.05) is 30.4 Å². The van der Waals surface area contributed by atoms with E-state index in [1.54, 1.807) is 23.8 Å². The lowest BCUT2D eigenvalue weighted by molar-refractivity contribution is -0.122. The number of hydrogen-bond acceptors (Lipinski definition) is 7. The van der Waals surface area contributed by atoms with Crippen LogP contribution in [0.4, 0.5) is 11.4 Å². The molecule has 34 heavy (non-hydrogen) atoms. The highest BCUT2D eigenvalue weighted by atomic mass is 16.5. The molecule has 2 aliphatic rings. The second-order valence-corrected chi connectivity index (χ2v) is 9.25. The van der Waals surface area contributed by atoms with Crippen molar-refractivity contribution >= 4 is 17.3 Å². The Labute approximate surface area is 199 Å². The van der Waals surface area contributed by atoms with Crippen LogP contribution in [0.25, 0.3) is 5.69 Å². The minimum atomic E-state index is -0.520. The molecule has 1 aliphatic heterocycles. The number of rotatable bonds is 9. The number of anilines is 2. The Morgan fingerprint density at radius 1 is 1.12 bits per heavy atom. The zero-order chi connectivity index (χ0) is 23.7. The van der Waals surface area contributed by atoms with Crippen molar-refractivity contribution in [3.05, 3.63) is 48.3 Å². The molecule has 3 aromatic rings. The fourth-order valence-corrected chi connectivity index (χ4v) is 4.76. The molecule has 1 amide bonds. The molecule has 1 N–H and O–H groups in total. The molecule has 1 aliphatic carbocycles. The lowest BCUT2D eigenvalue weighted by atomic mass is 9.76. The third-order valence-electron chi connectivity index (χ3n) is 6.95. The van der Waals surface area contributed by atoms with Crippen molar-refractivity contribution in [3.63, 3.8) is 0 Å². The molecule has 5 rings (SSSR count). The van der Waals surface area contributed by atoms with Gasteiger partial charge in [-0.1, -0.05) is 19.3 Å². The number of methoxy groups -OCH3 is 2. The molecule has 9 heteroatoms. The van der Waals surface area contributed by atoms with Crippen molar-refractivity contribution in [1.29, 1.82) is 0 Å². The number of nitrogens with one attached hydrogen (secondary N) is 1. The van der Waals surface area contributed by atoms with Gasteiger partial charge in [-0.25, -0.2) is 0 Å². The Bertz CT molecular complexity index is 1170. The third-order valence-corrected chi connectivity index (χ3v) is 6.95. The van der Waals surface area contributed by atoms with Crippen LogP contribution in [0.5, 0.6) is 11.5 Å². The number of aromatic nitrogens is 4. The van der Waals surface area contributed by atoms with Crippen LogP contribution in [-0.4, -0.2) is 46.9 Å². The van der Waals surface area contributed by atoms with E-state index < -0.39 is 5.54 Å². The largest absolute Gasteiger partial charge is 0.497 e. The topological polar surface area (TPSA) is 94.4 Å². The van der Waals surface area contributed by atoms with Gasteiger partial charge in [0.15, 0.2) is 5.82 Å². The van der Waals surface area contributed by atoms with Crippen LogP contribution in [-0.2, 0) is 10.3 Å². The number of carbonyl (C=O) groups is 1. The molecule has 1 atom stereocenters. The van der Waals surface area contributed by atoms with Gasteiger partial charge >= 0.3 is 0 Å². The van der Waals surface area contributed by atoms with Gasteiger partial charge in [0.05, 0.1) is 19.8 Å². The minimum Gasteiger partial charge on any atom is -0.497 e. The quantitative estimate of drug-likeness (QED) is 0.482. The number of hydrogen-bond donors (Lipinski definition) is 1. The molecule has 1 saturated carbocycles. The second kappa shape index (κ2) is 8.96. The Kier molecular flexibility index (Phi) is 5.85. The second-order valence-electron chi connectivity index (χ2n) is 9.25. The van der Waals surface area contributed by atoms with Crippen LogP contribution in [0.2, 0.25) is 0 Å². The minimum absolute atomic E-state index is 0.170. The SMILES string of the molecule is COc1ccc(-n2nnnc2C(C)(CC2CCC2)Nc2ccc(N3CCC3=O)cc2)c(OC)c1. The Morgan fingerprint density at radius 3 is 2.50 bits per heavy atom. The average Bonchev–Trinajstić information content (AvgIpc) is 3.32. The van der Waals surface area contributed by atoms with E-state index in [4.69, 9.17) is 9.47 Å². The molecular weight excluding hydrogens is 432 g/mol. The fraction of sp³-hybridized carbons (Fsp3) is 0.440. The summed E-state index contributed by atoms with van der Waals surface area (Å²) in [7, 11) is 3.25. The van der Waals surface area contributed by atoms with Crippen molar-refractivity contribution in [3.8, 4) is 17.2 Å². The van der Waals surface area contributed by atoms with E-state index in [2.05, 4.69) is 27.8 Å². The summed E-state index contributed by atoms with van der Waals surface area (Å²) < 4.78 is 12.7. The van der Waals surface area contributed by atoms with Gasteiger partial charge in [0.1, 0.15) is 17.2 Å². The number of amides is 1. The highest BCUT2D eigenvalue weighted by Crippen LogP contribution is 2.40. The van der Waals surface area contributed by atoms with E-state index in [0.717, 1.165) is 30.0 Å². The summed E-state index contributed by atoms with van der Waals surface area (Å²) >= 11 is 0. The van der Waals surface area contributed by atoms with Crippen LogP contribution in [0.1, 0.15) is 44.9 Å². The summed E-state index contributed by atoms with van der Waals surface area (Å²) in [4.78, 5) is 13.6. The molecule has 1 unspecified atom stereocenters. The first-order valence-electron chi connectivity index (χ1n) is 11.7. The predicted molar refractivity (Wildman–Crippen MR) is 129 cm³/mol. The van der Waals surface area contributed by atoms with Gasteiger partial charge in [-0.15, -0.1) is 5.10 Å². The van der Waals surface area contributed by atoms with Gasteiger partial charge < -0.3 is 19.7 Å². The number of carbonyl (C=O) groups excluding carboxylic acids is 1. The van der Waals surface area contributed by atoms with Crippen LogP contribution < -0.4 is 19.7 Å². The Morgan fingerprint density at radius 2 is 1.91 bits per heavy atom. The number of nitrogens with zero attached hydrogens (tertiary/aromatic N) is 5. The lowest BCUT2D eigenvalue weighted by Crippen LogP contribution is -2.43. The number of β-lactam (4-membered cyclic amide) rings is 1. The molecule has 0 radical (unpaired) electrons. The van der Waals surface area contributed by atoms with E-state index in [0.29, 0.717) is 29.7 Å². The molecule has 9 nitrogen and oxygen atoms in total. The summed E-state index contributed by atoms with van der Waals surface area (Å²) in [6, 6.07) is 13.6. The van der Waals surface area contributed by atoms with E-state index >= 15 is 0 Å². The van der Waals surface area contributed by atoms with Gasteiger partial charge in [-0.3, -0.25) is 4.79 Å². The molecule has 0 bridgehead atoms.